The molecule has 3 N–H and O–H groups in total. The maximum Gasteiger partial charge on any atom is 0.159 e. The summed E-state index contributed by atoms with van der Waals surface area (Å²) < 4.78 is 0. The first-order valence-corrected chi connectivity index (χ1v) is 9.26. The van der Waals surface area contributed by atoms with Gasteiger partial charge in [0.05, 0.1) is 22.8 Å². The third-order valence-electron chi connectivity index (χ3n) is 5.25. The third kappa shape index (κ3) is 3.46. The second kappa shape index (κ2) is 7.29. The van der Waals surface area contributed by atoms with Crippen LogP contribution in [0.2, 0.25) is 0 Å². The van der Waals surface area contributed by atoms with Crippen molar-refractivity contribution < 1.29 is 10.2 Å². The molecule has 2 aromatic carbocycles. The van der Waals surface area contributed by atoms with Gasteiger partial charge in [-0.3, -0.25) is 0 Å². The summed E-state index contributed by atoms with van der Waals surface area (Å²) in [6, 6.07) is 13.5. The summed E-state index contributed by atoms with van der Waals surface area (Å²) >= 11 is 0. The summed E-state index contributed by atoms with van der Waals surface area (Å²) in [6.45, 7) is 2.76. The smallest absolute Gasteiger partial charge is 0.159 e. The highest BCUT2D eigenvalue weighted by Crippen LogP contribution is 2.37. The van der Waals surface area contributed by atoms with Gasteiger partial charge in [0.1, 0.15) is 0 Å². The Morgan fingerprint density at radius 1 is 1.07 bits per heavy atom. The zero-order valence-electron chi connectivity index (χ0n) is 15.0. The van der Waals surface area contributed by atoms with Crippen LogP contribution in [0.5, 0.6) is 11.5 Å². The highest BCUT2D eigenvalue weighted by molar-refractivity contribution is 6.08. The lowest BCUT2D eigenvalue weighted by molar-refractivity contribution is 0.223. The molecular formula is C21H22N4O2. The lowest BCUT2D eigenvalue weighted by atomic mass is 10.0. The van der Waals surface area contributed by atoms with Gasteiger partial charge in [-0.1, -0.05) is 18.2 Å². The number of aromatic nitrogens is 1. The van der Waals surface area contributed by atoms with E-state index in [-0.39, 0.29) is 11.5 Å². The van der Waals surface area contributed by atoms with Crippen molar-refractivity contribution in [2.75, 3.05) is 25.0 Å². The number of piperidine rings is 1. The topological polar surface area (TPSA) is 92.4 Å². The lowest BCUT2D eigenvalue weighted by Crippen LogP contribution is -2.39. The van der Waals surface area contributed by atoms with Crippen LogP contribution < -0.4 is 5.32 Å². The number of likely N-dealkylation sites (tertiary alicyclic amines) is 1. The number of aromatic hydroxyl groups is 2. The number of pyridine rings is 1. The number of fused-ring (bicyclic) bond motifs is 2. The Hall–Kier alpha value is -3.04. The lowest BCUT2D eigenvalue weighted by Gasteiger charge is -2.32. The first kappa shape index (κ1) is 17.4. The fourth-order valence-electron chi connectivity index (χ4n) is 3.78. The summed E-state index contributed by atoms with van der Waals surface area (Å²) in [4.78, 5) is 6.96. The molecule has 0 aliphatic carbocycles. The highest BCUT2D eigenvalue weighted by Gasteiger charge is 2.21. The predicted molar refractivity (Wildman–Crippen MR) is 106 cm³/mol. The normalized spacial score (nSPS) is 15.8. The van der Waals surface area contributed by atoms with Crippen LogP contribution in [0.4, 0.5) is 5.69 Å². The van der Waals surface area contributed by atoms with Crippen LogP contribution in [0.1, 0.15) is 19.3 Å². The maximum atomic E-state index is 10.00. The Labute approximate surface area is 157 Å². The number of para-hydroxylation sites is 1. The molecule has 0 saturated carbocycles. The zero-order chi connectivity index (χ0) is 18.8. The van der Waals surface area contributed by atoms with E-state index in [4.69, 9.17) is 5.26 Å². The molecule has 2 heterocycles. The minimum Gasteiger partial charge on any atom is -0.504 e. The molecule has 1 fully saturated rings. The van der Waals surface area contributed by atoms with Gasteiger partial charge in [0.25, 0.3) is 0 Å². The highest BCUT2D eigenvalue weighted by atomic mass is 16.3. The van der Waals surface area contributed by atoms with E-state index < -0.39 is 0 Å². The summed E-state index contributed by atoms with van der Waals surface area (Å²) in [6.07, 6.45) is 2.56. The van der Waals surface area contributed by atoms with Gasteiger partial charge in [0, 0.05) is 48.9 Å². The van der Waals surface area contributed by atoms with Crippen molar-refractivity contribution in [3.05, 3.63) is 36.4 Å². The molecule has 1 aromatic heterocycles. The molecule has 0 atom stereocenters. The van der Waals surface area contributed by atoms with Crippen molar-refractivity contribution in [2.45, 2.75) is 25.3 Å². The molecule has 138 valence electrons. The second-order valence-corrected chi connectivity index (χ2v) is 7.03. The monoisotopic (exact) mass is 362 g/mol. The van der Waals surface area contributed by atoms with E-state index in [0.29, 0.717) is 18.0 Å². The molecule has 6 heteroatoms. The van der Waals surface area contributed by atoms with Gasteiger partial charge < -0.3 is 20.4 Å². The molecule has 27 heavy (non-hydrogen) atoms. The van der Waals surface area contributed by atoms with Crippen LogP contribution in [-0.2, 0) is 0 Å². The Bertz CT molecular complexity index is 1020. The number of hydrogen-bond donors (Lipinski definition) is 3. The molecule has 0 radical (unpaired) electrons. The van der Waals surface area contributed by atoms with E-state index in [1.54, 1.807) is 6.07 Å². The van der Waals surface area contributed by atoms with Gasteiger partial charge in [0.15, 0.2) is 11.5 Å². The number of phenols is 2. The Morgan fingerprint density at radius 3 is 2.59 bits per heavy atom. The molecule has 1 aliphatic rings. The molecular weight excluding hydrogens is 340 g/mol. The Morgan fingerprint density at radius 2 is 1.81 bits per heavy atom. The van der Waals surface area contributed by atoms with E-state index in [9.17, 15) is 10.2 Å². The number of rotatable bonds is 4. The summed E-state index contributed by atoms with van der Waals surface area (Å²) in [5.74, 6) is -0.309. The molecule has 0 spiro atoms. The quantitative estimate of drug-likeness (QED) is 0.485. The maximum absolute atomic E-state index is 10.00. The van der Waals surface area contributed by atoms with Gasteiger partial charge >= 0.3 is 0 Å². The first-order chi connectivity index (χ1) is 13.2. The fourth-order valence-corrected chi connectivity index (χ4v) is 3.78. The molecule has 3 aromatic rings. The molecule has 0 unspecified atom stereocenters. The number of nitriles is 1. The molecule has 6 nitrogen and oxygen atoms in total. The van der Waals surface area contributed by atoms with Crippen molar-refractivity contribution >= 4 is 27.5 Å². The number of anilines is 1. The fraction of sp³-hybridized carbons (Fsp3) is 0.333. The SMILES string of the molecule is N#CCCN1CCC(Nc2c3ccccc3nc3cc(O)c(O)cc23)CC1. The van der Waals surface area contributed by atoms with Crippen molar-refractivity contribution in [3.63, 3.8) is 0 Å². The van der Waals surface area contributed by atoms with E-state index in [1.807, 2.05) is 24.3 Å². The van der Waals surface area contributed by atoms with Crippen molar-refractivity contribution in [1.82, 2.24) is 9.88 Å². The standard InChI is InChI=1S/C21H22N4O2/c22-8-3-9-25-10-6-14(7-11-25)23-21-15-4-1-2-5-17(15)24-18-13-20(27)19(26)12-16(18)21/h1-2,4-5,12-14,26-27H,3,6-7,9-11H2,(H,23,24). The Kier molecular flexibility index (Phi) is 4.69. The largest absolute Gasteiger partial charge is 0.504 e. The molecule has 1 saturated heterocycles. The summed E-state index contributed by atoms with van der Waals surface area (Å²) in [7, 11) is 0. The van der Waals surface area contributed by atoms with Gasteiger partial charge in [-0.25, -0.2) is 4.98 Å². The number of nitrogens with one attached hydrogen (secondary N) is 1. The molecule has 4 rings (SSSR count). The van der Waals surface area contributed by atoms with Crippen molar-refractivity contribution in [1.29, 1.82) is 5.26 Å². The molecule has 1 aliphatic heterocycles. The van der Waals surface area contributed by atoms with Crippen LogP contribution in [0.3, 0.4) is 0 Å². The average Bonchev–Trinajstić information content (AvgIpc) is 2.69. The summed E-state index contributed by atoms with van der Waals surface area (Å²) in [5, 5.41) is 34.1. The number of nitrogens with zero attached hydrogens (tertiary/aromatic N) is 3. The number of benzene rings is 2. The zero-order valence-corrected chi connectivity index (χ0v) is 15.0. The van der Waals surface area contributed by atoms with Crippen LogP contribution in [0, 0.1) is 11.3 Å². The van der Waals surface area contributed by atoms with E-state index in [2.05, 4.69) is 21.3 Å². The van der Waals surface area contributed by atoms with Gasteiger partial charge in [-0.15, -0.1) is 0 Å². The van der Waals surface area contributed by atoms with E-state index >= 15 is 0 Å². The van der Waals surface area contributed by atoms with Crippen LogP contribution in [-0.4, -0.2) is 45.8 Å². The van der Waals surface area contributed by atoms with Gasteiger partial charge in [0.2, 0.25) is 0 Å². The predicted octanol–water partition coefficient (Wildman–Crippen LogP) is 3.59. The average molecular weight is 362 g/mol. The van der Waals surface area contributed by atoms with Crippen LogP contribution in [0.25, 0.3) is 21.8 Å². The first-order valence-electron chi connectivity index (χ1n) is 9.26. The van der Waals surface area contributed by atoms with Crippen molar-refractivity contribution in [3.8, 4) is 17.6 Å². The third-order valence-corrected chi connectivity index (χ3v) is 5.25. The number of hydrogen-bond acceptors (Lipinski definition) is 6. The van der Waals surface area contributed by atoms with E-state index in [0.717, 1.165) is 54.5 Å². The number of phenolic OH excluding ortho intramolecular Hbond substituents is 2. The molecule has 0 bridgehead atoms. The molecule has 0 amide bonds. The summed E-state index contributed by atoms with van der Waals surface area (Å²) in [5.41, 5.74) is 2.45. The van der Waals surface area contributed by atoms with Crippen molar-refractivity contribution in [2.24, 2.45) is 0 Å². The van der Waals surface area contributed by atoms with Crippen LogP contribution >= 0.6 is 0 Å². The second-order valence-electron chi connectivity index (χ2n) is 7.03. The minimum atomic E-state index is -0.165. The van der Waals surface area contributed by atoms with Crippen LogP contribution in [0.15, 0.2) is 36.4 Å². The van der Waals surface area contributed by atoms with Gasteiger partial charge in [-0.05, 0) is 25.0 Å². The van der Waals surface area contributed by atoms with E-state index in [1.165, 1.54) is 6.07 Å². The Balaban J connectivity index is 1.67. The van der Waals surface area contributed by atoms with Gasteiger partial charge in [-0.2, -0.15) is 5.26 Å². The minimum absolute atomic E-state index is 0.144.